The lowest BCUT2D eigenvalue weighted by molar-refractivity contribution is -0.133. The van der Waals surface area contributed by atoms with Crippen LogP contribution in [0.15, 0.2) is 53.7 Å². The summed E-state index contributed by atoms with van der Waals surface area (Å²) < 4.78 is 1.87. The molecular formula is C18H17ClN4O2S. The Bertz CT molecular complexity index is 912. The van der Waals surface area contributed by atoms with E-state index in [9.17, 15) is 4.79 Å². The number of aliphatic carboxylic acids is 1. The van der Waals surface area contributed by atoms with Gasteiger partial charge in [-0.1, -0.05) is 47.1 Å². The van der Waals surface area contributed by atoms with Crippen molar-refractivity contribution in [2.24, 2.45) is 0 Å². The van der Waals surface area contributed by atoms with Crippen LogP contribution in [0.5, 0.6) is 0 Å². The van der Waals surface area contributed by atoms with E-state index in [4.69, 9.17) is 16.7 Å². The van der Waals surface area contributed by atoms with E-state index in [1.54, 1.807) is 0 Å². The minimum Gasteiger partial charge on any atom is -0.481 e. The number of thioether (sulfide) groups is 1. The number of halogens is 1. The summed E-state index contributed by atoms with van der Waals surface area (Å²) >= 11 is 7.15. The summed E-state index contributed by atoms with van der Waals surface area (Å²) in [5, 5.41) is 21.8. The molecule has 0 bridgehead atoms. The number of aromatic nitrogens is 3. The standard InChI is InChI=1S/C18H17ClN4O2S/c1-12-5-7-15(8-6-12)23-16(21-22-18(23)26-11-17(24)25)10-20-14-4-2-3-13(19)9-14/h2-9,20H,10-11H2,1H3,(H,24,25). The second-order valence-corrected chi connectivity index (χ2v) is 7.00. The van der Waals surface area contributed by atoms with Crippen LogP contribution in [-0.4, -0.2) is 31.6 Å². The highest BCUT2D eigenvalue weighted by atomic mass is 35.5. The topological polar surface area (TPSA) is 80.0 Å². The Kier molecular flexibility index (Phi) is 5.80. The molecule has 0 fully saturated rings. The molecule has 0 radical (unpaired) electrons. The Hall–Kier alpha value is -2.51. The predicted octanol–water partition coefficient (Wildman–Crippen LogP) is 4.02. The van der Waals surface area contributed by atoms with Crippen LogP contribution in [0.25, 0.3) is 5.69 Å². The van der Waals surface area contributed by atoms with Crippen LogP contribution in [0.4, 0.5) is 5.69 Å². The minimum atomic E-state index is -0.896. The number of anilines is 1. The average Bonchev–Trinajstić information content (AvgIpc) is 3.02. The second-order valence-electron chi connectivity index (χ2n) is 5.62. The number of aryl methyl sites for hydroxylation is 1. The summed E-state index contributed by atoms with van der Waals surface area (Å²) in [5.41, 5.74) is 2.90. The van der Waals surface area contributed by atoms with Gasteiger partial charge >= 0.3 is 5.97 Å². The highest BCUT2D eigenvalue weighted by Gasteiger charge is 2.15. The van der Waals surface area contributed by atoms with Crippen LogP contribution in [0.1, 0.15) is 11.4 Å². The van der Waals surface area contributed by atoms with Crippen LogP contribution in [0.3, 0.4) is 0 Å². The fourth-order valence-corrected chi connectivity index (χ4v) is 3.25. The number of rotatable bonds is 7. The summed E-state index contributed by atoms with van der Waals surface area (Å²) in [6.07, 6.45) is 0. The first-order valence-electron chi connectivity index (χ1n) is 7.88. The molecule has 0 amide bonds. The predicted molar refractivity (Wildman–Crippen MR) is 103 cm³/mol. The molecule has 0 unspecified atom stereocenters. The average molecular weight is 389 g/mol. The van der Waals surface area contributed by atoms with Gasteiger partial charge in [-0.25, -0.2) is 0 Å². The van der Waals surface area contributed by atoms with Crippen molar-refractivity contribution in [3.8, 4) is 5.69 Å². The van der Waals surface area contributed by atoms with Crippen molar-refractivity contribution in [1.29, 1.82) is 0 Å². The van der Waals surface area contributed by atoms with Gasteiger partial charge in [0, 0.05) is 16.4 Å². The number of nitrogens with one attached hydrogen (secondary N) is 1. The number of hydrogen-bond donors (Lipinski definition) is 2. The van der Waals surface area contributed by atoms with Gasteiger partial charge in [-0.3, -0.25) is 9.36 Å². The van der Waals surface area contributed by atoms with Crippen molar-refractivity contribution < 1.29 is 9.90 Å². The van der Waals surface area contributed by atoms with Gasteiger partial charge in [0.15, 0.2) is 11.0 Å². The zero-order chi connectivity index (χ0) is 18.5. The van der Waals surface area contributed by atoms with Gasteiger partial charge in [-0.2, -0.15) is 0 Å². The quantitative estimate of drug-likeness (QED) is 0.595. The highest BCUT2D eigenvalue weighted by Crippen LogP contribution is 2.23. The molecule has 0 aliphatic carbocycles. The maximum Gasteiger partial charge on any atom is 0.313 e. The zero-order valence-corrected chi connectivity index (χ0v) is 15.6. The Morgan fingerprint density at radius 3 is 2.69 bits per heavy atom. The molecule has 3 rings (SSSR count). The number of nitrogens with zero attached hydrogens (tertiary/aromatic N) is 3. The lowest BCUT2D eigenvalue weighted by atomic mass is 10.2. The van der Waals surface area contributed by atoms with Crippen LogP contribution in [0.2, 0.25) is 5.02 Å². The van der Waals surface area contributed by atoms with E-state index < -0.39 is 5.97 Å². The van der Waals surface area contributed by atoms with Gasteiger partial charge in [-0.05, 0) is 37.3 Å². The Morgan fingerprint density at radius 1 is 1.23 bits per heavy atom. The van der Waals surface area contributed by atoms with Gasteiger partial charge in [0.05, 0.1) is 12.3 Å². The van der Waals surface area contributed by atoms with E-state index in [1.807, 2.05) is 60.0 Å². The fraction of sp³-hybridized carbons (Fsp3) is 0.167. The molecule has 0 saturated carbocycles. The lowest BCUT2D eigenvalue weighted by Gasteiger charge is -2.11. The van der Waals surface area contributed by atoms with Crippen LogP contribution < -0.4 is 5.32 Å². The van der Waals surface area contributed by atoms with Gasteiger partial charge in [0.1, 0.15) is 0 Å². The molecule has 1 heterocycles. The summed E-state index contributed by atoms with van der Waals surface area (Å²) in [7, 11) is 0. The van der Waals surface area contributed by atoms with Gasteiger partial charge in [-0.15, -0.1) is 10.2 Å². The third-order valence-corrected chi connectivity index (χ3v) is 4.74. The highest BCUT2D eigenvalue weighted by molar-refractivity contribution is 7.99. The molecule has 0 aliphatic heterocycles. The first-order valence-corrected chi connectivity index (χ1v) is 9.24. The van der Waals surface area contributed by atoms with Crippen molar-refractivity contribution in [3.05, 3.63) is 64.9 Å². The van der Waals surface area contributed by atoms with E-state index in [1.165, 1.54) is 0 Å². The van der Waals surface area contributed by atoms with Crippen LogP contribution in [0, 0.1) is 6.92 Å². The number of carboxylic acid groups (broad SMARTS) is 1. The molecule has 26 heavy (non-hydrogen) atoms. The van der Waals surface area contributed by atoms with Gasteiger partial charge in [0.2, 0.25) is 0 Å². The summed E-state index contributed by atoms with van der Waals surface area (Å²) in [6.45, 7) is 2.44. The first kappa shape index (κ1) is 18.3. The maximum atomic E-state index is 10.9. The molecule has 6 nitrogen and oxygen atoms in total. The largest absolute Gasteiger partial charge is 0.481 e. The molecule has 0 aliphatic rings. The molecule has 3 aromatic rings. The first-order chi connectivity index (χ1) is 12.5. The van der Waals surface area contributed by atoms with Crippen molar-refractivity contribution in [1.82, 2.24) is 14.8 Å². The third-order valence-electron chi connectivity index (χ3n) is 3.59. The maximum absolute atomic E-state index is 10.9. The van der Waals surface area contributed by atoms with Crippen molar-refractivity contribution in [3.63, 3.8) is 0 Å². The third kappa shape index (κ3) is 4.56. The molecule has 1 aromatic heterocycles. The Balaban J connectivity index is 1.88. The summed E-state index contributed by atoms with van der Waals surface area (Å²) in [5.74, 6) is -0.292. The van der Waals surface area contributed by atoms with E-state index >= 15 is 0 Å². The normalized spacial score (nSPS) is 10.7. The molecule has 0 saturated heterocycles. The number of carboxylic acids is 1. The molecule has 2 aromatic carbocycles. The zero-order valence-electron chi connectivity index (χ0n) is 14.0. The Morgan fingerprint density at radius 2 is 2.00 bits per heavy atom. The van der Waals surface area contributed by atoms with Gasteiger partial charge in [0.25, 0.3) is 0 Å². The molecule has 2 N–H and O–H groups in total. The van der Waals surface area contributed by atoms with Crippen molar-refractivity contribution in [2.45, 2.75) is 18.6 Å². The molecule has 0 spiro atoms. The van der Waals surface area contributed by atoms with Crippen molar-refractivity contribution in [2.75, 3.05) is 11.1 Å². The van der Waals surface area contributed by atoms with E-state index in [0.29, 0.717) is 22.5 Å². The minimum absolute atomic E-state index is 0.0777. The summed E-state index contributed by atoms with van der Waals surface area (Å²) in [6, 6.07) is 15.3. The lowest BCUT2D eigenvalue weighted by Crippen LogP contribution is -2.09. The van der Waals surface area contributed by atoms with Crippen LogP contribution >= 0.6 is 23.4 Å². The molecule has 8 heteroatoms. The van der Waals surface area contributed by atoms with Crippen molar-refractivity contribution >= 4 is 35.0 Å². The van der Waals surface area contributed by atoms with E-state index in [-0.39, 0.29) is 5.75 Å². The SMILES string of the molecule is Cc1ccc(-n2c(CNc3cccc(Cl)c3)nnc2SCC(=O)O)cc1. The smallest absolute Gasteiger partial charge is 0.313 e. The van der Waals surface area contributed by atoms with Gasteiger partial charge < -0.3 is 10.4 Å². The molecular weight excluding hydrogens is 372 g/mol. The fourth-order valence-electron chi connectivity index (χ4n) is 2.37. The number of carbonyl (C=O) groups is 1. The monoisotopic (exact) mass is 388 g/mol. The van der Waals surface area contributed by atoms with E-state index in [0.717, 1.165) is 28.7 Å². The molecule has 0 atom stereocenters. The second kappa shape index (κ2) is 8.25. The Labute approximate surface area is 160 Å². The number of hydrogen-bond acceptors (Lipinski definition) is 5. The molecule has 134 valence electrons. The van der Waals surface area contributed by atoms with Crippen LogP contribution in [-0.2, 0) is 11.3 Å². The number of benzene rings is 2. The summed E-state index contributed by atoms with van der Waals surface area (Å²) in [4.78, 5) is 10.9. The van der Waals surface area contributed by atoms with E-state index in [2.05, 4.69) is 15.5 Å².